The molecule has 0 atom stereocenters. The lowest BCUT2D eigenvalue weighted by Gasteiger charge is -2.12. The van der Waals surface area contributed by atoms with Crippen molar-refractivity contribution in [3.05, 3.63) is 124 Å². The minimum absolute atomic E-state index is 0.0604. The summed E-state index contributed by atoms with van der Waals surface area (Å²) in [6.07, 6.45) is 1.33. The Morgan fingerprint density at radius 2 is 1.78 bits per heavy atom. The highest BCUT2D eigenvalue weighted by molar-refractivity contribution is 5.94. The molecule has 5 aromatic rings. The number of hydrogen-bond acceptors (Lipinski definition) is 6. The molecule has 5 rings (SSSR count). The molecule has 0 aliphatic carbocycles. The lowest BCUT2D eigenvalue weighted by Crippen LogP contribution is -2.18. The molecule has 0 saturated carbocycles. The normalized spacial score (nSPS) is 11.0. The molecule has 0 fully saturated rings. The molecule has 182 valence electrons. The second kappa shape index (κ2) is 10.5. The van der Waals surface area contributed by atoms with Gasteiger partial charge in [-0.2, -0.15) is 10.2 Å². The van der Waals surface area contributed by atoms with Crippen LogP contribution >= 0.6 is 0 Å². The summed E-state index contributed by atoms with van der Waals surface area (Å²) in [4.78, 5) is 22.9. The molecule has 0 aliphatic rings. The van der Waals surface area contributed by atoms with Crippen molar-refractivity contribution in [1.82, 2.24) is 15.6 Å². The summed E-state index contributed by atoms with van der Waals surface area (Å²) in [7, 11) is 0. The highest BCUT2D eigenvalue weighted by Crippen LogP contribution is 2.30. The molecule has 0 saturated heterocycles. The Labute approximate surface area is 211 Å². The molecular formula is C28H21N5O4. The van der Waals surface area contributed by atoms with E-state index < -0.39 is 10.8 Å². The summed E-state index contributed by atoms with van der Waals surface area (Å²) >= 11 is 0. The van der Waals surface area contributed by atoms with Crippen LogP contribution in [0, 0.1) is 10.1 Å². The minimum atomic E-state index is -0.505. The molecule has 0 bridgehead atoms. The topological polar surface area (TPSA) is 123 Å². The fraction of sp³-hybridized carbons (Fsp3) is 0.0357. The number of nitrogens with one attached hydrogen (secondary N) is 2. The van der Waals surface area contributed by atoms with E-state index in [-0.39, 0.29) is 11.4 Å². The van der Waals surface area contributed by atoms with Crippen LogP contribution in [-0.4, -0.2) is 27.2 Å². The number of carbonyl (C=O) groups excluding carboxylic acids is 1. The van der Waals surface area contributed by atoms with E-state index in [1.807, 2.05) is 48.5 Å². The zero-order valence-electron chi connectivity index (χ0n) is 19.5. The highest BCUT2D eigenvalue weighted by atomic mass is 16.6. The Balaban J connectivity index is 1.28. The van der Waals surface area contributed by atoms with Crippen molar-refractivity contribution in [2.45, 2.75) is 6.61 Å². The lowest BCUT2D eigenvalue weighted by atomic mass is 10.1. The van der Waals surface area contributed by atoms with Gasteiger partial charge in [0.2, 0.25) is 0 Å². The minimum Gasteiger partial charge on any atom is -0.488 e. The molecule has 37 heavy (non-hydrogen) atoms. The fourth-order valence-electron chi connectivity index (χ4n) is 3.90. The summed E-state index contributed by atoms with van der Waals surface area (Å²) in [6.45, 7) is 0.377. The first-order chi connectivity index (χ1) is 18.1. The van der Waals surface area contributed by atoms with E-state index in [1.54, 1.807) is 18.2 Å². The highest BCUT2D eigenvalue weighted by Gasteiger charge is 2.14. The van der Waals surface area contributed by atoms with Crippen LogP contribution in [0.4, 0.5) is 5.69 Å². The Kier molecular flexibility index (Phi) is 6.67. The van der Waals surface area contributed by atoms with Crippen LogP contribution in [0.3, 0.4) is 0 Å². The van der Waals surface area contributed by atoms with Gasteiger partial charge in [-0.15, -0.1) is 0 Å². The molecule has 9 heteroatoms. The summed E-state index contributed by atoms with van der Waals surface area (Å²) in [5.74, 6) is 0.132. The quantitative estimate of drug-likeness (QED) is 0.169. The molecule has 1 aromatic heterocycles. The van der Waals surface area contributed by atoms with Gasteiger partial charge in [0.1, 0.15) is 18.1 Å². The van der Waals surface area contributed by atoms with Crippen molar-refractivity contribution in [2.75, 3.05) is 0 Å². The van der Waals surface area contributed by atoms with E-state index in [0.717, 1.165) is 21.9 Å². The first-order valence-corrected chi connectivity index (χ1v) is 11.4. The van der Waals surface area contributed by atoms with Crippen molar-refractivity contribution in [1.29, 1.82) is 0 Å². The monoisotopic (exact) mass is 491 g/mol. The molecule has 4 aromatic carbocycles. The predicted molar refractivity (Wildman–Crippen MR) is 140 cm³/mol. The molecule has 2 N–H and O–H groups in total. The van der Waals surface area contributed by atoms with E-state index in [2.05, 4.69) is 38.9 Å². The van der Waals surface area contributed by atoms with Crippen LogP contribution in [0.1, 0.15) is 21.6 Å². The van der Waals surface area contributed by atoms with Gasteiger partial charge in [0.15, 0.2) is 0 Å². The van der Waals surface area contributed by atoms with E-state index in [4.69, 9.17) is 4.74 Å². The van der Waals surface area contributed by atoms with Gasteiger partial charge in [-0.3, -0.25) is 20.0 Å². The van der Waals surface area contributed by atoms with Crippen molar-refractivity contribution < 1.29 is 14.5 Å². The third-order valence-corrected chi connectivity index (χ3v) is 5.71. The predicted octanol–water partition coefficient (Wildman–Crippen LogP) is 5.48. The van der Waals surface area contributed by atoms with E-state index in [1.165, 1.54) is 18.3 Å². The lowest BCUT2D eigenvalue weighted by molar-refractivity contribution is -0.384. The number of benzene rings is 4. The molecule has 0 aliphatic heterocycles. The molecular weight excluding hydrogens is 470 g/mol. The average Bonchev–Trinajstić information content (AvgIpc) is 3.42. The van der Waals surface area contributed by atoms with E-state index in [9.17, 15) is 14.9 Å². The van der Waals surface area contributed by atoms with Crippen LogP contribution in [0.5, 0.6) is 5.75 Å². The van der Waals surface area contributed by atoms with Gasteiger partial charge in [-0.25, -0.2) is 5.43 Å². The SMILES string of the molecule is O=C(N/N=C/c1cccc([N+](=O)[O-])c1)c1cc(-c2ccccc2OCc2cccc3ccccc23)n[nH]1. The van der Waals surface area contributed by atoms with Gasteiger partial charge in [0.25, 0.3) is 11.6 Å². The maximum absolute atomic E-state index is 12.5. The summed E-state index contributed by atoms with van der Waals surface area (Å²) in [5.41, 5.74) is 5.37. The maximum atomic E-state index is 12.5. The van der Waals surface area contributed by atoms with Crippen LogP contribution < -0.4 is 10.2 Å². The second-order valence-corrected chi connectivity index (χ2v) is 8.14. The van der Waals surface area contributed by atoms with E-state index in [0.29, 0.717) is 23.6 Å². The standard InChI is InChI=1S/C28H21N5O4/c34-28(32-29-17-19-7-5-11-22(15-19)33(35)36)26-16-25(30-31-26)24-13-3-4-14-27(24)37-18-21-10-6-9-20-8-1-2-12-23(20)21/h1-17H,18H2,(H,30,31)(H,32,34)/b29-17+. The number of amides is 1. The number of para-hydroxylation sites is 1. The van der Waals surface area contributed by atoms with Gasteiger partial charge >= 0.3 is 0 Å². The Morgan fingerprint density at radius 3 is 2.68 bits per heavy atom. The Hall–Kier alpha value is -5.31. The number of non-ortho nitro benzene ring substituents is 1. The zero-order chi connectivity index (χ0) is 25.6. The largest absolute Gasteiger partial charge is 0.488 e. The van der Waals surface area contributed by atoms with Crippen LogP contribution in [0.15, 0.2) is 102 Å². The molecule has 1 heterocycles. The Morgan fingerprint density at radius 1 is 1.00 bits per heavy atom. The number of hydrogen-bond donors (Lipinski definition) is 2. The Bertz CT molecular complexity index is 1620. The molecule has 9 nitrogen and oxygen atoms in total. The van der Waals surface area contributed by atoms with Crippen LogP contribution in [0.2, 0.25) is 0 Å². The molecule has 0 unspecified atom stereocenters. The molecule has 1 amide bonds. The summed E-state index contributed by atoms with van der Waals surface area (Å²) < 4.78 is 6.17. The third-order valence-electron chi connectivity index (χ3n) is 5.71. The third kappa shape index (κ3) is 5.35. The fourth-order valence-corrected chi connectivity index (χ4v) is 3.90. The number of rotatable bonds is 8. The van der Waals surface area contributed by atoms with Crippen molar-refractivity contribution in [3.8, 4) is 17.0 Å². The number of fused-ring (bicyclic) bond motifs is 1. The van der Waals surface area contributed by atoms with Crippen LogP contribution in [0.25, 0.3) is 22.0 Å². The average molecular weight is 492 g/mol. The first kappa shape index (κ1) is 23.4. The number of nitro benzene ring substituents is 1. The van der Waals surface area contributed by atoms with Crippen molar-refractivity contribution >= 4 is 28.6 Å². The number of carbonyl (C=O) groups is 1. The number of hydrazone groups is 1. The zero-order valence-corrected chi connectivity index (χ0v) is 19.5. The number of nitro groups is 1. The van der Waals surface area contributed by atoms with Crippen LogP contribution in [-0.2, 0) is 6.61 Å². The summed E-state index contributed by atoms with van der Waals surface area (Å²) in [5, 5.41) is 24.1. The number of aromatic nitrogens is 2. The van der Waals surface area contributed by atoms with Gasteiger partial charge < -0.3 is 4.74 Å². The van der Waals surface area contributed by atoms with E-state index >= 15 is 0 Å². The maximum Gasteiger partial charge on any atom is 0.289 e. The van der Waals surface area contributed by atoms with Gasteiger partial charge in [0.05, 0.1) is 16.8 Å². The van der Waals surface area contributed by atoms with Crippen molar-refractivity contribution in [3.63, 3.8) is 0 Å². The smallest absolute Gasteiger partial charge is 0.289 e. The van der Waals surface area contributed by atoms with Gasteiger partial charge in [-0.05, 0) is 34.5 Å². The molecule has 0 spiro atoms. The number of nitrogens with zero attached hydrogens (tertiary/aromatic N) is 3. The molecule has 0 radical (unpaired) electrons. The van der Waals surface area contributed by atoms with Crippen molar-refractivity contribution in [2.24, 2.45) is 5.10 Å². The number of ether oxygens (including phenoxy) is 1. The second-order valence-electron chi connectivity index (χ2n) is 8.14. The van der Waals surface area contributed by atoms with Gasteiger partial charge in [-0.1, -0.05) is 66.7 Å². The van der Waals surface area contributed by atoms with Gasteiger partial charge in [0, 0.05) is 23.3 Å². The number of H-pyrrole nitrogens is 1. The summed E-state index contributed by atoms with van der Waals surface area (Å²) in [6, 6.07) is 29.3. The first-order valence-electron chi connectivity index (χ1n) is 11.4. The number of aromatic amines is 1.